The molecule has 0 aliphatic heterocycles. The molecule has 0 unspecified atom stereocenters. The van der Waals surface area contributed by atoms with Gasteiger partial charge in [-0.05, 0) is 55.4 Å². The topological polar surface area (TPSA) is 29.1 Å². The number of benzene rings is 1. The van der Waals surface area contributed by atoms with Crippen molar-refractivity contribution in [1.82, 2.24) is 0 Å². The molecule has 0 heterocycles. The van der Waals surface area contributed by atoms with Crippen LogP contribution in [0.5, 0.6) is 0 Å². The van der Waals surface area contributed by atoms with Crippen molar-refractivity contribution < 1.29 is 4.79 Å². The molecule has 2 nitrogen and oxygen atoms in total. The number of fused-ring (bicyclic) bond motifs is 1. The lowest BCUT2D eigenvalue weighted by Crippen LogP contribution is -2.18. The second kappa shape index (κ2) is 6.66. The summed E-state index contributed by atoms with van der Waals surface area (Å²) in [6, 6.07) is 6.38. The number of hydrogen-bond donors (Lipinski definition) is 1. The van der Waals surface area contributed by atoms with Crippen LogP contribution in [0.25, 0.3) is 0 Å². The van der Waals surface area contributed by atoms with E-state index in [2.05, 4.69) is 17.4 Å². The summed E-state index contributed by atoms with van der Waals surface area (Å²) in [5.74, 6) is 0.750. The van der Waals surface area contributed by atoms with Gasteiger partial charge in [0.25, 0.3) is 0 Å². The Kier molecular flexibility index (Phi) is 4.66. The molecule has 1 saturated carbocycles. The number of thioether (sulfide) groups is 1. The van der Waals surface area contributed by atoms with Crippen LogP contribution in [0.1, 0.15) is 49.7 Å². The van der Waals surface area contributed by atoms with E-state index in [1.165, 1.54) is 56.1 Å². The zero-order valence-electron chi connectivity index (χ0n) is 12.0. The summed E-state index contributed by atoms with van der Waals surface area (Å²) in [4.78, 5) is 12.0. The van der Waals surface area contributed by atoms with Crippen molar-refractivity contribution in [2.45, 2.75) is 56.6 Å². The van der Waals surface area contributed by atoms with Crippen LogP contribution in [0.2, 0.25) is 0 Å². The van der Waals surface area contributed by atoms with E-state index in [-0.39, 0.29) is 5.91 Å². The summed E-state index contributed by atoms with van der Waals surface area (Å²) in [5.41, 5.74) is 3.85. The quantitative estimate of drug-likeness (QED) is 0.901. The van der Waals surface area contributed by atoms with Gasteiger partial charge >= 0.3 is 0 Å². The average Bonchev–Trinajstić information content (AvgIpc) is 2.94. The molecule has 1 aromatic carbocycles. The van der Waals surface area contributed by atoms with Crippen molar-refractivity contribution in [2.75, 3.05) is 11.1 Å². The van der Waals surface area contributed by atoms with Crippen LogP contribution >= 0.6 is 11.8 Å². The number of amides is 1. The fourth-order valence-corrected chi connectivity index (χ4v) is 4.40. The van der Waals surface area contributed by atoms with Gasteiger partial charge in [0.15, 0.2) is 0 Å². The third-order valence-corrected chi connectivity index (χ3v) is 5.76. The van der Waals surface area contributed by atoms with E-state index in [0.29, 0.717) is 11.0 Å². The van der Waals surface area contributed by atoms with Gasteiger partial charge in [0.2, 0.25) is 5.91 Å². The SMILES string of the molecule is O=C(CSC1CCCCC1)Nc1ccc2c(c1)CCC2. The molecular weight excluding hydrogens is 266 g/mol. The predicted molar refractivity (Wildman–Crippen MR) is 86.4 cm³/mol. The molecule has 0 saturated heterocycles. The van der Waals surface area contributed by atoms with Gasteiger partial charge < -0.3 is 5.32 Å². The zero-order valence-corrected chi connectivity index (χ0v) is 12.8. The fourth-order valence-electron chi connectivity index (χ4n) is 3.27. The van der Waals surface area contributed by atoms with Gasteiger partial charge in [-0.1, -0.05) is 25.3 Å². The normalized spacial score (nSPS) is 18.8. The van der Waals surface area contributed by atoms with Crippen molar-refractivity contribution >= 4 is 23.4 Å². The van der Waals surface area contributed by atoms with E-state index in [1.54, 1.807) is 0 Å². The molecule has 1 N–H and O–H groups in total. The summed E-state index contributed by atoms with van der Waals surface area (Å²) < 4.78 is 0. The van der Waals surface area contributed by atoms with Crippen LogP contribution < -0.4 is 5.32 Å². The highest BCUT2D eigenvalue weighted by Crippen LogP contribution is 2.28. The second-order valence-corrected chi connectivity index (χ2v) is 7.24. The highest BCUT2D eigenvalue weighted by Gasteiger charge is 2.16. The summed E-state index contributed by atoms with van der Waals surface area (Å²) in [6.07, 6.45) is 10.2. The number of anilines is 1. The molecular formula is C17H23NOS. The van der Waals surface area contributed by atoms with E-state index in [0.717, 1.165) is 12.1 Å². The number of rotatable bonds is 4. The first-order valence-electron chi connectivity index (χ1n) is 7.84. The smallest absolute Gasteiger partial charge is 0.234 e. The largest absolute Gasteiger partial charge is 0.325 e. The highest BCUT2D eigenvalue weighted by atomic mass is 32.2. The minimum absolute atomic E-state index is 0.151. The third-order valence-electron chi connectivity index (χ3n) is 4.38. The van der Waals surface area contributed by atoms with Crippen molar-refractivity contribution in [2.24, 2.45) is 0 Å². The molecule has 0 atom stereocenters. The monoisotopic (exact) mass is 289 g/mol. The lowest BCUT2D eigenvalue weighted by Gasteiger charge is -2.20. The minimum atomic E-state index is 0.151. The molecule has 1 amide bonds. The van der Waals surface area contributed by atoms with E-state index in [4.69, 9.17) is 0 Å². The van der Waals surface area contributed by atoms with Gasteiger partial charge in [0.05, 0.1) is 5.75 Å². The minimum Gasteiger partial charge on any atom is -0.325 e. The van der Waals surface area contributed by atoms with Crippen LogP contribution in [0, 0.1) is 0 Å². The van der Waals surface area contributed by atoms with E-state index in [9.17, 15) is 4.79 Å². The molecule has 2 aliphatic carbocycles. The molecule has 3 heteroatoms. The fraction of sp³-hybridized carbons (Fsp3) is 0.588. The number of nitrogens with one attached hydrogen (secondary N) is 1. The maximum absolute atomic E-state index is 12.0. The van der Waals surface area contributed by atoms with Gasteiger partial charge in [-0.3, -0.25) is 4.79 Å². The Bertz CT molecular complexity index is 480. The molecule has 0 bridgehead atoms. The maximum atomic E-state index is 12.0. The van der Waals surface area contributed by atoms with Gasteiger partial charge in [0, 0.05) is 10.9 Å². The lowest BCUT2D eigenvalue weighted by molar-refractivity contribution is -0.113. The first-order chi connectivity index (χ1) is 9.81. The highest BCUT2D eigenvalue weighted by molar-refractivity contribution is 8.00. The predicted octanol–water partition coefficient (Wildman–Crippen LogP) is 4.18. The number of carbonyl (C=O) groups excluding carboxylic acids is 1. The molecule has 1 aromatic rings. The van der Waals surface area contributed by atoms with Crippen molar-refractivity contribution in [1.29, 1.82) is 0 Å². The molecule has 1 fully saturated rings. The van der Waals surface area contributed by atoms with Gasteiger partial charge in [-0.2, -0.15) is 0 Å². The Morgan fingerprint density at radius 3 is 2.75 bits per heavy atom. The zero-order chi connectivity index (χ0) is 13.8. The summed E-state index contributed by atoms with van der Waals surface area (Å²) in [5, 5.41) is 3.75. The number of aryl methyl sites for hydroxylation is 2. The van der Waals surface area contributed by atoms with Crippen molar-refractivity contribution in [3.63, 3.8) is 0 Å². The van der Waals surface area contributed by atoms with Gasteiger partial charge in [0.1, 0.15) is 0 Å². The summed E-state index contributed by atoms with van der Waals surface area (Å²) in [7, 11) is 0. The molecule has 0 spiro atoms. The first-order valence-corrected chi connectivity index (χ1v) is 8.89. The summed E-state index contributed by atoms with van der Waals surface area (Å²) >= 11 is 1.84. The Hall–Kier alpha value is -0.960. The third kappa shape index (κ3) is 3.57. The Labute approximate surface area is 125 Å². The van der Waals surface area contributed by atoms with Crippen molar-refractivity contribution in [3.05, 3.63) is 29.3 Å². The summed E-state index contributed by atoms with van der Waals surface area (Å²) in [6.45, 7) is 0. The first kappa shape index (κ1) is 14.0. The van der Waals surface area contributed by atoms with Crippen LogP contribution in [0.3, 0.4) is 0 Å². The second-order valence-electron chi connectivity index (χ2n) is 5.96. The molecule has 0 radical (unpaired) electrons. The van der Waals surface area contributed by atoms with E-state index < -0.39 is 0 Å². The van der Waals surface area contributed by atoms with E-state index >= 15 is 0 Å². The van der Waals surface area contributed by atoms with Crippen LogP contribution in [0.4, 0.5) is 5.69 Å². The Balaban J connectivity index is 1.48. The van der Waals surface area contributed by atoms with Crippen LogP contribution in [-0.4, -0.2) is 16.9 Å². The average molecular weight is 289 g/mol. The molecule has 108 valence electrons. The maximum Gasteiger partial charge on any atom is 0.234 e. The molecule has 0 aromatic heterocycles. The van der Waals surface area contributed by atoms with Gasteiger partial charge in [-0.15, -0.1) is 11.8 Å². The van der Waals surface area contributed by atoms with Gasteiger partial charge in [-0.25, -0.2) is 0 Å². The molecule has 20 heavy (non-hydrogen) atoms. The number of hydrogen-bond acceptors (Lipinski definition) is 2. The Morgan fingerprint density at radius 1 is 1.10 bits per heavy atom. The number of carbonyl (C=O) groups is 1. The molecule has 3 rings (SSSR count). The van der Waals surface area contributed by atoms with E-state index in [1.807, 2.05) is 17.8 Å². The Morgan fingerprint density at radius 2 is 1.90 bits per heavy atom. The lowest BCUT2D eigenvalue weighted by atomic mass is 10.0. The van der Waals surface area contributed by atoms with Crippen LogP contribution in [0.15, 0.2) is 18.2 Å². The standard InChI is InChI=1S/C17H23NOS/c19-17(12-20-16-7-2-1-3-8-16)18-15-10-9-13-5-4-6-14(13)11-15/h9-11,16H,1-8,12H2,(H,18,19). The molecule has 2 aliphatic rings. The van der Waals surface area contributed by atoms with Crippen molar-refractivity contribution in [3.8, 4) is 0 Å². The van der Waals surface area contributed by atoms with Crippen LogP contribution in [-0.2, 0) is 17.6 Å².